The molecule has 0 N–H and O–H groups in total. The highest BCUT2D eigenvalue weighted by Gasteiger charge is 2.21. The van der Waals surface area contributed by atoms with Gasteiger partial charge in [0, 0.05) is 24.5 Å². The Kier molecular flexibility index (Phi) is 7.86. The summed E-state index contributed by atoms with van der Waals surface area (Å²) in [4.78, 5) is 30.2. The van der Waals surface area contributed by atoms with Gasteiger partial charge < -0.3 is 9.80 Å². The molecule has 0 bridgehead atoms. The molecule has 0 saturated carbocycles. The second kappa shape index (κ2) is 11.6. The van der Waals surface area contributed by atoms with Crippen LogP contribution in [0.25, 0.3) is 0 Å². The highest BCUT2D eigenvalue weighted by molar-refractivity contribution is 5.97. The minimum absolute atomic E-state index is 0.000852. The molecule has 0 spiro atoms. The first-order chi connectivity index (χ1) is 16.7. The molecule has 0 atom stereocenters. The SMILES string of the molecule is O=C(Cc1ccccc1)N(CCN(C(=O)Cc1ccccc1)c1ccccc1)c1ccccc1. The zero-order chi connectivity index (χ0) is 23.6. The first-order valence-electron chi connectivity index (χ1n) is 11.5. The fraction of sp³-hybridized carbons (Fsp3) is 0.133. The third-order valence-corrected chi connectivity index (χ3v) is 5.68. The predicted octanol–water partition coefficient (Wildman–Crippen LogP) is 5.54. The van der Waals surface area contributed by atoms with Crippen LogP contribution < -0.4 is 9.80 Å². The Bertz CT molecular complexity index is 1080. The molecule has 0 aliphatic carbocycles. The standard InChI is InChI=1S/C30H28N2O2/c33-29(23-25-13-5-1-6-14-25)31(27-17-9-3-10-18-27)21-22-32(28-19-11-4-12-20-28)30(34)24-26-15-7-2-8-16-26/h1-20H,21-24H2. The van der Waals surface area contributed by atoms with Gasteiger partial charge in [-0.25, -0.2) is 0 Å². The highest BCUT2D eigenvalue weighted by atomic mass is 16.2. The van der Waals surface area contributed by atoms with E-state index in [-0.39, 0.29) is 11.8 Å². The Morgan fingerprint density at radius 2 is 0.735 bits per heavy atom. The number of amides is 2. The van der Waals surface area contributed by atoms with Crippen molar-refractivity contribution in [3.63, 3.8) is 0 Å². The van der Waals surface area contributed by atoms with Crippen LogP contribution in [0.4, 0.5) is 11.4 Å². The molecule has 0 unspecified atom stereocenters. The van der Waals surface area contributed by atoms with Crippen LogP contribution in [-0.2, 0) is 22.4 Å². The molecule has 0 radical (unpaired) electrons. The van der Waals surface area contributed by atoms with Crippen molar-refractivity contribution in [1.29, 1.82) is 0 Å². The van der Waals surface area contributed by atoms with Gasteiger partial charge >= 0.3 is 0 Å². The lowest BCUT2D eigenvalue weighted by Gasteiger charge is -2.28. The number of rotatable bonds is 9. The van der Waals surface area contributed by atoms with E-state index in [0.29, 0.717) is 25.9 Å². The van der Waals surface area contributed by atoms with Gasteiger partial charge in [-0.1, -0.05) is 97.1 Å². The highest BCUT2D eigenvalue weighted by Crippen LogP contribution is 2.19. The smallest absolute Gasteiger partial charge is 0.231 e. The van der Waals surface area contributed by atoms with Crippen molar-refractivity contribution in [1.82, 2.24) is 0 Å². The summed E-state index contributed by atoms with van der Waals surface area (Å²) in [5.74, 6) is 0.00170. The second-order valence-corrected chi connectivity index (χ2v) is 8.09. The van der Waals surface area contributed by atoms with Crippen LogP contribution in [0, 0.1) is 0 Å². The molecule has 4 aromatic rings. The summed E-state index contributed by atoms with van der Waals surface area (Å²) in [6.45, 7) is 0.788. The van der Waals surface area contributed by atoms with Gasteiger partial charge in [-0.2, -0.15) is 0 Å². The molecule has 0 fully saturated rings. The maximum Gasteiger partial charge on any atom is 0.231 e. The van der Waals surface area contributed by atoms with E-state index >= 15 is 0 Å². The Balaban J connectivity index is 1.55. The van der Waals surface area contributed by atoms with E-state index in [1.54, 1.807) is 9.80 Å². The molecule has 0 heterocycles. The van der Waals surface area contributed by atoms with Crippen molar-refractivity contribution >= 4 is 23.2 Å². The van der Waals surface area contributed by atoms with Crippen LogP contribution in [0.1, 0.15) is 11.1 Å². The van der Waals surface area contributed by atoms with Crippen LogP contribution in [0.3, 0.4) is 0 Å². The van der Waals surface area contributed by atoms with E-state index in [4.69, 9.17) is 0 Å². The number of benzene rings is 4. The van der Waals surface area contributed by atoms with Gasteiger partial charge in [-0.3, -0.25) is 9.59 Å². The van der Waals surface area contributed by atoms with E-state index in [1.807, 2.05) is 121 Å². The molecular weight excluding hydrogens is 420 g/mol. The average Bonchev–Trinajstić information content (AvgIpc) is 2.89. The number of carbonyl (C=O) groups excluding carboxylic acids is 2. The Labute approximate surface area is 201 Å². The van der Waals surface area contributed by atoms with Crippen LogP contribution in [0.15, 0.2) is 121 Å². The first-order valence-corrected chi connectivity index (χ1v) is 11.5. The summed E-state index contributed by atoms with van der Waals surface area (Å²) >= 11 is 0. The van der Waals surface area contributed by atoms with Gasteiger partial charge in [0.05, 0.1) is 12.8 Å². The van der Waals surface area contributed by atoms with Crippen LogP contribution in [0.5, 0.6) is 0 Å². The molecule has 0 aromatic heterocycles. The topological polar surface area (TPSA) is 40.6 Å². The molecule has 0 saturated heterocycles. The zero-order valence-corrected chi connectivity index (χ0v) is 19.1. The largest absolute Gasteiger partial charge is 0.310 e. The quantitative estimate of drug-likeness (QED) is 0.337. The normalized spacial score (nSPS) is 10.5. The Hall–Kier alpha value is -4.18. The molecule has 4 heteroatoms. The summed E-state index contributed by atoms with van der Waals surface area (Å²) in [5.41, 5.74) is 3.58. The molecule has 0 aliphatic heterocycles. The van der Waals surface area contributed by atoms with Gasteiger partial charge in [0.1, 0.15) is 0 Å². The summed E-state index contributed by atoms with van der Waals surface area (Å²) in [5, 5.41) is 0. The molecule has 0 aliphatic rings. The van der Waals surface area contributed by atoms with Crippen molar-refractivity contribution in [2.45, 2.75) is 12.8 Å². The molecule has 4 nitrogen and oxygen atoms in total. The van der Waals surface area contributed by atoms with E-state index in [2.05, 4.69) is 0 Å². The molecule has 170 valence electrons. The minimum atomic E-state index is 0.000852. The summed E-state index contributed by atoms with van der Waals surface area (Å²) < 4.78 is 0. The van der Waals surface area contributed by atoms with E-state index in [9.17, 15) is 9.59 Å². The maximum atomic E-state index is 13.3. The second-order valence-electron chi connectivity index (χ2n) is 8.09. The molecule has 4 rings (SSSR count). The maximum absolute atomic E-state index is 13.3. The average molecular weight is 449 g/mol. The monoisotopic (exact) mass is 448 g/mol. The lowest BCUT2D eigenvalue weighted by atomic mass is 10.1. The summed E-state index contributed by atoms with van der Waals surface area (Å²) in [6, 6.07) is 38.8. The number of anilines is 2. The van der Waals surface area contributed by atoms with Crippen LogP contribution in [-0.4, -0.2) is 24.9 Å². The summed E-state index contributed by atoms with van der Waals surface area (Å²) in [6.07, 6.45) is 0.609. The third-order valence-electron chi connectivity index (χ3n) is 5.68. The molecule has 34 heavy (non-hydrogen) atoms. The third kappa shape index (κ3) is 6.20. The van der Waals surface area contributed by atoms with E-state index in [0.717, 1.165) is 22.5 Å². The number of hydrogen-bond acceptors (Lipinski definition) is 2. The molecular formula is C30H28N2O2. The Morgan fingerprint density at radius 3 is 1.06 bits per heavy atom. The number of nitrogens with zero attached hydrogens (tertiary/aromatic N) is 2. The zero-order valence-electron chi connectivity index (χ0n) is 19.1. The lowest BCUT2D eigenvalue weighted by molar-refractivity contribution is -0.119. The summed E-state index contributed by atoms with van der Waals surface area (Å²) in [7, 11) is 0. The fourth-order valence-corrected chi connectivity index (χ4v) is 3.94. The van der Waals surface area contributed by atoms with Crippen molar-refractivity contribution in [3.8, 4) is 0 Å². The van der Waals surface area contributed by atoms with Crippen molar-refractivity contribution in [2.75, 3.05) is 22.9 Å². The van der Waals surface area contributed by atoms with Gasteiger partial charge in [0.2, 0.25) is 11.8 Å². The van der Waals surface area contributed by atoms with Gasteiger partial charge in [0.25, 0.3) is 0 Å². The van der Waals surface area contributed by atoms with Gasteiger partial charge in [-0.15, -0.1) is 0 Å². The number of hydrogen-bond donors (Lipinski definition) is 0. The van der Waals surface area contributed by atoms with Crippen molar-refractivity contribution in [2.24, 2.45) is 0 Å². The van der Waals surface area contributed by atoms with Crippen LogP contribution >= 0.6 is 0 Å². The molecule has 2 amide bonds. The van der Waals surface area contributed by atoms with E-state index < -0.39 is 0 Å². The first kappa shape index (κ1) is 23.0. The predicted molar refractivity (Wildman–Crippen MR) is 138 cm³/mol. The van der Waals surface area contributed by atoms with E-state index in [1.165, 1.54) is 0 Å². The van der Waals surface area contributed by atoms with Crippen molar-refractivity contribution < 1.29 is 9.59 Å². The van der Waals surface area contributed by atoms with Gasteiger partial charge in [0.15, 0.2) is 0 Å². The Morgan fingerprint density at radius 1 is 0.441 bits per heavy atom. The lowest BCUT2D eigenvalue weighted by Crippen LogP contribution is -2.42. The number of para-hydroxylation sites is 2. The van der Waals surface area contributed by atoms with Gasteiger partial charge in [-0.05, 0) is 35.4 Å². The molecule has 4 aromatic carbocycles. The minimum Gasteiger partial charge on any atom is -0.310 e. The fourth-order valence-electron chi connectivity index (χ4n) is 3.94. The number of carbonyl (C=O) groups is 2. The van der Waals surface area contributed by atoms with Crippen molar-refractivity contribution in [3.05, 3.63) is 132 Å². The van der Waals surface area contributed by atoms with Crippen LogP contribution in [0.2, 0.25) is 0 Å².